The van der Waals surface area contributed by atoms with Gasteiger partial charge in [-0.1, -0.05) is 87.6 Å². The topological polar surface area (TPSA) is 0 Å². The third kappa shape index (κ3) is 6.40. The zero-order valence-corrected chi connectivity index (χ0v) is 14.0. The smallest absolute Gasteiger partial charge is 0.0127 e. The van der Waals surface area contributed by atoms with E-state index in [-0.39, 0.29) is 0 Å². The van der Waals surface area contributed by atoms with Crippen LogP contribution in [0.25, 0.3) is 0 Å². The van der Waals surface area contributed by atoms with Crippen molar-refractivity contribution >= 4 is 13.9 Å². The lowest BCUT2D eigenvalue weighted by atomic mass is 10.0. The highest BCUT2D eigenvalue weighted by molar-refractivity contribution is 7.48. The van der Waals surface area contributed by atoms with Gasteiger partial charge in [-0.05, 0) is 39.3 Å². The zero-order chi connectivity index (χ0) is 14.0. The van der Waals surface area contributed by atoms with Crippen LogP contribution in [0.4, 0.5) is 0 Å². The van der Waals surface area contributed by atoms with Crippen LogP contribution in [-0.2, 0) is 0 Å². The summed E-state index contributed by atoms with van der Waals surface area (Å²) in [5, 5.41) is 1.52. The Morgan fingerprint density at radius 2 is 1.15 bits per heavy atom. The highest BCUT2D eigenvalue weighted by atomic mass is 31.1. The van der Waals surface area contributed by atoms with Gasteiger partial charge in [-0.2, -0.15) is 0 Å². The van der Waals surface area contributed by atoms with Gasteiger partial charge in [0, 0.05) is 0 Å². The van der Waals surface area contributed by atoms with Gasteiger partial charge in [-0.25, -0.2) is 0 Å². The molecule has 0 amide bonds. The van der Waals surface area contributed by atoms with Crippen molar-refractivity contribution in [3.63, 3.8) is 0 Å². The van der Waals surface area contributed by atoms with E-state index < -0.39 is 0 Å². The minimum absolute atomic E-state index is 0.900. The van der Waals surface area contributed by atoms with E-state index in [9.17, 15) is 0 Å². The molecule has 1 aliphatic rings. The van der Waals surface area contributed by atoms with E-state index in [1.54, 1.807) is 8.58 Å². The largest absolute Gasteiger partial charge is 0.0587 e. The van der Waals surface area contributed by atoms with Gasteiger partial charge < -0.3 is 0 Å². The normalized spacial score (nSPS) is 20.6. The molecule has 0 nitrogen and oxygen atoms in total. The molecule has 1 aromatic rings. The van der Waals surface area contributed by atoms with E-state index in [2.05, 4.69) is 31.2 Å². The van der Waals surface area contributed by atoms with Gasteiger partial charge in [0.1, 0.15) is 0 Å². The molecule has 20 heavy (non-hydrogen) atoms. The lowest BCUT2D eigenvalue weighted by molar-refractivity contribution is 0.509. The summed E-state index contributed by atoms with van der Waals surface area (Å²) in [7, 11) is 1.58. The molecule has 0 atom stereocenters. The molecule has 1 aliphatic carbocycles. The maximum atomic E-state index is 2.33. The molecule has 1 fully saturated rings. The first-order chi connectivity index (χ1) is 9.84. The first-order valence-corrected chi connectivity index (χ1v) is 9.58. The Hall–Kier alpha value is -0.350. The van der Waals surface area contributed by atoms with E-state index in [0.717, 1.165) is 5.66 Å². The minimum atomic E-state index is 0.900. The van der Waals surface area contributed by atoms with Gasteiger partial charge in [0.25, 0.3) is 0 Å². The summed E-state index contributed by atoms with van der Waals surface area (Å²) in [4.78, 5) is 0. The van der Waals surface area contributed by atoms with Crippen molar-refractivity contribution in [3.05, 3.63) is 29.8 Å². The summed E-state index contributed by atoms with van der Waals surface area (Å²) < 4.78 is 0. The highest BCUT2D eigenvalue weighted by Gasteiger charge is 2.11. The second-order valence-corrected chi connectivity index (χ2v) is 7.88. The molecule has 0 aliphatic heterocycles. The van der Waals surface area contributed by atoms with Gasteiger partial charge in [0.05, 0.1) is 0 Å². The molecule has 0 saturated heterocycles. The number of rotatable bonds is 2. The fourth-order valence-electron chi connectivity index (χ4n) is 3.11. The maximum Gasteiger partial charge on any atom is -0.0127 e. The molecule has 1 aromatic carbocycles. The Morgan fingerprint density at radius 1 is 0.700 bits per heavy atom. The number of hydrogen-bond donors (Lipinski definition) is 0. The highest BCUT2D eigenvalue weighted by Crippen LogP contribution is 2.29. The second kappa shape index (κ2) is 9.56. The van der Waals surface area contributed by atoms with Crippen LogP contribution in [0.2, 0.25) is 0 Å². The van der Waals surface area contributed by atoms with Crippen LogP contribution < -0.4 is 5.30 Å². The van der Waals surface area contributed by atoms with Crippen LogP contribution in [0.1, 0.15) is 76.2 Å². The minimum Gasteiger partial charge on any atom is -0.0587 e. The van der Waals surface area contributed by atoms with Gasteiger partial charge in [-0.3, -0.25) is 0 Å². The quantitative estimate of drug-likeness (QED) is 0.565. The van der Waals surface area contributed by atoms with Crippen molar-refractivity contribution < 1.29 is 0 Å². The second-order valence-electron chi connectivity index (χ2n) is 6.38. The van der Waals surface area contributed by atoms with Crippen molar-refractivity contribution in [1.29, 1.82) is 0 Å². The predicted octanol–water partition coefficient (Wildman–Crippen LogP) is 6.24. The summed E-state index contributed by atoms with van der Waals surface area (Å²) in [5.41, 5.74) is 2.28. The fourth-order valence-corrected chi connectivity index (χ4v) is 4.48. The van der Waals surface area contributed by atoms with Gasteiger partial charge in [0.15, 0.2) is 0 Å². The number of hydrogen-bond acceptors (Lipinski definition) is 0. The van der Waals surface area contributed by atoms with Crippen molar-refractivity contribution in [2.45, 2.75) is 83.2 Å². The third-order valence-corrected chi connectivity index (χ3v) is 5.92. The number of benzene rings is 1. The fraction of sp³-hybridized carbons (Fsp3) is 0.684. The molecule has 0 aromatic heterocycles. The predicted molar refractivity (Wildman–Crippen MR) is 92.3 cm³/mol. The van der Waals surface area contributed by atoms with Crippen LogP contribution in [0.15, 0.2) is 24.3 Å². The lowest BCUT2D eigenvalue weighted by Crippen LogP contribution is -2.07. The SMILES string of the molecule is Cc1ccc([P]C2CCCCCCCCCCC2)cc1. The van der Waals surface area contributed by atoms with E-state index >= 15 is 0 Å². The molecule has 1 radical (unpaired) electrons. The molecule has 2 rings (SSSR count). The van der Waals surface area contributed by atoms with Gasteiger partial charge >= 0.3 is 0 Å². The van der Waals surface area contributed by atoms with Gasteiger partial charge in [-0.15, -0.1) is 0 Å². The van der Waals surface area contributed by atoms with E-state index in [1.807, 2.05) is 0 Å². The summed E-state index contributed by atoms with van der Waals surface area (Å²) in [5.74, 6) is 0. The summed E-state index contributed by atoms with van der Waals surface area (Å²) in [6.45, 7) is 2.18. The zero-order valence-electron chi connectivity index (χ0n) is 13.1. The van der Waals surface area contributed by atoms with Crippen molar-refractivity contribution in [1.82, 2.24) is 0 Å². The first kappa shape index (κ1) is 16.0. The van der Waals surface area contributed by atoms with Crippen molar-refractivity contribution in [2.75, 3.05) is 0 Å². The first-order valence-electron chi connectivity index (χ1n) is 8.62. The molecule has 0 unspecified atom stereocenters. The molecule has 1 saturated carbocycles. The molecule has 111 valence electrons. The van der Waals surface area contributed by atoms with Crippen LogP contribution in [0.5, 0.6) is 0 Å². The Bertz CT molecular complexity index is 343. The average Bonchev–Trinajstić information content (AvgIpc) is 2.44. The van der Waals surface area contributed by atoms with E-state index in [0.29, 0.717) is 0 Å². The maximum absolute atomic E-state index is 2.33. The molecule has 0 heterocycles. The molecule has 0 bridgehead atoms. The van der Waals surface area contributed by atoms with Gasteiger partial charge in [0.2, 0.25) is 0 Å². The van der Waals surface area contributed by atoms with Crippen LogP contribution in [-0.4, -0.2) is 5.66 Å². The average molecular weight is 289 g/mol. The molecular weight excluding hydrogens is 259 g/mol. The Labute approximate surface area is 127 Å². The number of aryl methyl sites for hydroxylation is 1. The Morgan fingerprint density at radius 3 is 1.65 bits per heavy atom. The molecule has 0 spiro atoms. The summed E-state index contributed by atoms with van der Waals surface area (Å²) in [6.07, 6.45) is 16.0. The van der Waals surface area contributed by atoms with Crippen LogP contribution in [0.3, 0.4) is 0 Å². The Balaban J connectivity index is 1.83. The van der Waals surface area contributed by atoms with Crippen molar-refractivity contribution in [3.8, 4) is 0 Å². The van der Waals surface area contributed by atoms with E-state index in [4.69, 9.17) is 0 Å². The summed E-state index contributed by atoms with van der Waals surface area (Å²) in [6, 6.07) is 9.18. The van der Waals surface area contributed by atoms with E-state index in [1.165, 1.54) is 81.5 Å². The summed E-state index contributed by atoms with van der Waals surface area (Å²) >= 11 is 0. The lowest BCUT2D eigenvalue weighted by Gasteiger charge is -2.17. The molecule has 1 heteroatoms. The van der Waals surface area contributed by atoms with Crippen LogP contribution >= 0.6 is 8.58 Å². The van der Waals surface area contributed by atoms with Crippen LogP contribution in [0, 0.1) is 6.92 Å². The Kier molecular flexibility index (Phi) is 7.66. The molecular formula is C19H30P. The third-order valence-electron chi connectivity index (χ3n) is 4.44. The van der Waals surface area contributed by atoms with Crippen molar-refractivity contribution in [2.24, 2.45) is 0 Å². The standard InChI is InChI=1S/C19H30P/c1-17-13-15-19(16-14-17)20-18-11-9-7-5-3-2-4-6-8-10-12-18/h13-16,18H,2-12H2,1H3. The monoisotopic (exact) mass is 289 g/mol. The molecule has 0 N–H and O–H groups in total.